The summed E-state index contributed by atoms with van der Waals surface area (Å²) in [6.45, 7) is 10.2. The maximum absolute atomic E-state index is 12.4. The van der Waals surface area contributed by atoms with Crippen molar-refractivity contribution in [1.29, 1.82) is 0 Å². The molecule has 0 aromatic rings. The molecule has 2 fully saturated rings. The van der Waals surface area contributed by atoms with Crippen molar-refractivity contribution in [3.05, 3.63) is 0 Å². The minimum atomic E-state index is -0.387. The van der Waals surface area contributed by atoms with Gasteiger partial charge in [0.1, 0.15) is 5.54 Å². The van der Waals surface area contributed by atoms with Crippen molar-refractivity contribution in [3.8, 4) is 0 Å². The minimum absolute atomic E-state index is 0.0437. The predicted octanol–water partition coefficient (Wildman–Crippen LogP) is 0.308. The van der Waals surface area contributed by atoms with E-state index in [9.17, 15) is 4.79 Å². The molecule has 2 aliphatic rings. The molecule has 0 radical (unpaired) electrons. The standard InChI is InChI=1S/C14H27N3O2/c1-12(2)16-8-4-14(5-9-16,13(18)19-3)17-10-6-15-7-11-17/h12,15H,4-11H2,1-3H3. The van der Waals surface area contributed by atoms with Gasteiger partial charge in [-0.25, -0.2) is 0 Å². The van der Waals surface area contributed by atoms with Crippen LogP contribution in [0.25, 0.3) is 0 Å². The molecule has 5 nitrogen and oxygen atoms in total. The topological polar surface area (TPSA) is 44.8 Å². The fourth-order valence-corrected chi connectivity index (χ4v) is 3.34. The van der Waals surface area contributed by atoms with Crippen molar-refractivity contribution in [3.63, 3.8) is 0 Å². The van der Waals surface area contributed by atoms with E-state index in [0.717, 1.165) is 52.1 Å². The molecule has 0 spiro atoms. The number of piperazine rings is 1. The van der Waals surface area contributed by atoms with E-state index in [1.165, 1.54) is 7.11 Å². The number of esters is 1. The van der Waals surface area contributed by atoms with Crippen LogP contribution < -0.4 is 5.32 Å². The van der Waals surface area contributed by atoms with E-state index in [1.54, 1.807) is 0 Å². The third kappa shape index (κ3) is 2.93. The van der Waals surface area contributed by atoms with Crippen LogP contribution in [0, 0.1) is 0 Å². The SMILES string of the molecule is COC(=O)C1(N2CCNCC2)CCN(C(C)C)CC1. The van der Waals surface area contributed by atoms with Gasteiger partial charge in [0, 0.05) is 45.3 Å². The van der Waals surface area contributed by atoms with Crippen LogP contribution in [-0.4, -0.2) is 73.7 Å². The van der Waals surface area contributed by atoms with E-state index in [2.05, 4.69) is 29.0 Å². The fraction of sp³-hybridized carbons (Fsp3) is 0.929. The Morgan fingerprint density at radius 3 is 2.21 bits per heavy atom. The van der Waals surface area contributed by atoms with Crippen LogP contribution in [0.5, 0.6) is 0 Å². The third-order valence-corrected chi connectivity index (χ3v) is 4.64. The largest absolute Gasteiger partial charge is 0.468 e. The zero-order valence-electron chi connectivity index (χ0n) is 12.4. The second kappa shape index (κ2) is 6.20. The van der Waals surface area contributed by atoms with Crippen LogP contribution in [0.15, 0.2) is 0 Å². The first-order valence-corrected chi connectivity index (χ1v) is 7.38. The van der Waals surface area contributed by atoms with Gasteiger partial charge >= 0.3 is 5.97 Å². The van der Waals surface area contributed by atoms with E-state index in [0.29, 0.717) is 6.04 Å². The third-order valence-electron chi connectivity index (χ3n) is 4.64. The molecule has 0 amide bonds. The Balaban J connectivity index is 2.10. The highest BCUT2D eigenvalue weighted by Gasteiger charge is 2.47. The molecule has 2 heterocycles. The number of methoxy groups -OCH3 is 1. The van der Waals surface area contributed by atoms with E-state index in [-0.39, 0.29) is 11.5 Å². The second-order valence-electron chi connectivity index (χ2n) is 5.89. The van der Waals surface area contributed by atoms with Crippen LogP contribution in [0.1, 0.15) is 26.7 Å². The van der Waals surface area contributed by atoms with Crippen LogP contribution in [0.4, 0.5) is 0 Å². The van der Waals surface area contributed by atoms with Gasteiger partial charge in [-0.15, -0.1) is 0 Å². The van der Waals surface area contributed by atoms with Crippen molar-refractivity contribution in [2.75, 3.05) is 46.4 Å². The van der Waals surface area contributed by atoms with E-state index >= 15 is 0 Å². The summed E-state index contributed by atoms with van der Waals surface area (Å²) in [5.74, 6) is -0.0437. The Morgan fingerprint density at radius 2 is 1.74 bits per heavy atom. The van der Waals surface area contributed by atoms with Gasteiger partial charge < -0.3 is 15.0 Å². The molecule has 19 heavy (non-hydrogen) atoms. The summed E-state index contributed by atoms with van der Waals surface area (Å²) in [5, 5.41) is 3.35. The molecule has 110 valence electrons. The highest BCUT2D eigenvalue weighted by atomic mass is 16.5. The molecule has 0 bridgehead atoms. The van der Waals surface area contributed by atoms with E-state index in [1.807, 2.05) is 0 Å². The van der Waals surface area contributed by atoms with Crippen LogP contribution >= 0.6 is 0 Å². The summed E-state index contributed by atoms with van der Waals surface area (Å²) >= 11 is 0. The average molecular weight is 269 g/mol. The number of ether oxygens (including phenoxy) is 1. The highest BCUT2D eigenvalue weighted by Crippen LogP contribution is 2.31. The van der Waals surface area contributed by atoms with Crippen LogP contribution in [-0.2, 0) is 9.53 Å². The first kappa shape index (κ1) is 14.8. The molecule has 0 atom stereocenters. The number of piperidine rings is 1. The van der Waals surface area contributed by atoms with Crippen molar-refractivity contribution >= 4 is 5.97 Å². The van der Waals surface area contributed by atoms with E-state index in [4.69, 9.17) is 4.74 Å². The molecule has 5 heteroatoms. The summed E-state index contributed by atoms with van der Waals surface area (Å²) in [5.41, 5.74) is -0.387. The Kier molecular flexibility index (Phi) is 4.81. The number of likely N-dealkylation sites (tertiary alicyclic amines) is 1. The smallest absolute Gasteiger partial charge is 0.326 e. The lowest BCUT2D eigenvalue weighted by molar-refractivity contribution is -0.160. The molecule has 1 N–H and O–H groups in total. The summed E-state index contributed by atoms with van der Waals surface area (Å²) in [6, 6.07) is 0.554. The van der Waals surface area contributed by atoms with Crippen molar-refractivity contribution in [1.82, 2.24) is 15.1 Å². The van der Waals surface area contributed by atoms with E-state index < -0.39 is 0 Å². The summed E-state index contributed by atoms with van der Waals surface area (Å²) < 4.78 is 5.12. The molecular weight excluding hydrogens is 242 g/mol. The Labute approximate surface area is 116 Å². The molecule has 0 unspecified atom stereocenters. The zero-order valence-corrected chi connectivity index (χ0v) is 12.4. The van der Waals surface area contributed by atoms with Gasteiger partial charge in [0.05, 0.1) is 7.11 Å². The van der Waals surface area contributed by atoms with Gasteiger partial charge in [-0.3, -0.25) is 9.69 Å². The number of carbonyl (C=O) groups excluding carboxylic acids is 1. The van der Waals surface area contributed by atoms with Gasteiger partial charge in [-0.05, 0) is 26.7 Å². The van der Waals surface area contributed by atoms with Gasteiger partial charge in [0.15, 0.2) is 0 Å². The normalized spacial score (nSPS) is 25.5. The average Bonchev–Trinajstić information content (AvgIpc) is 2.47. The highest BCUT2D eigenvalue weighted by molar-refractivity contribution is 5.81. The Morgan fingerprint density at radius 1 is 1.16 bits per heavy atom. The van der Waals surface area contributed by atoms with Gasteiger partial charge in [-0.2, -0.15) is 0 Å². The van der Waals surface area contributed by atoms with Crippen LogP contribution in [0.3, 0.4) is 0 Å². The number of carbonyl (C=O) groups is 1. The number of hydrogen-bond donors (Lipinski definition) is 1. The number of nitrogens with zero attached hydrogens (tertiary/aromatic N) is 2. The first-order chi connectivity index (χ1) is 9.10. The molecule has 2 rings (SSSR count). The minimum Gasteiger partial charge on any atom is -0.468 e. The molecule has 0 aromatic carbocycles. The maximum Gasteiger partial charge on any atom is 0.326 e. The maximum atomic E-state index is 12.4. The molecule has 0 aliphatic carbocycles. The molecule has 2 saturated heterocycles. The van der Waals surface area contributed by atoms with Crippen molar-refractivity contribution in [2.24, 2.45) is 0 Å². The fourth-order valence-electron chi connectivity index (χ4n) is 3.34. The van der Waals surface area contributed by atoms with Crippen LogP contribution in [0.2, 0.25) is 0 Å². The summed E-state index contributed by atoms with van der Waals surface area (Å²) in [4.78, 5) is 17.1. The summed E-state index contributed by atoms with van der Waals surface area (Å²) in [6.07, 6.45) is 1.77. The van der Waals surface area contributed by atoms with Gasteiger partial charge in [0.2, 0.25) is 0 Å². The monoisotopic (exact) mass is 269 g/mol. The molecular formula is C14H27N3O2. The van der Waals surface area contributed by atoms with Crippen molar-refractivity contribution in [2.45, 2.75) is 38.3 Å². The zero-order chi connectivity index (χ0) is 13.9. The van der Waals surface area contributed by atoms with Gasteiger partial charge in [0.25, 0.3) is 0 Å². The number of rotatable bonds is 3. The lowest BCUT2D eigenvalue weighted by Crippen LogP contribution is -2.64. The Hall–Kier alpha value is -0.650. The Bertz CT molecular complexity index is 306. The summed E-state index contributed by atoms with van der Waals surface area (Å²) in [7, 11) is 1.51. The van der Waals surface area contributed by atoms with Crippen molar-refractivity contribution < 1.29 is 9.53 Å². The second-order valence-corrected chi connectivity index (χ2v) is 5.89. The lowest BCUT2D eigenvalue weighted by atomic mass is 9.84. The quantitative estimate of drug-likeness (QED) is 0.747. The molecule has 0 saturated carbocycles. The molecule has 2 aliphatic heterocycles. The predicted molar refractivity (Wildman–Crippen MR) is 75.1 cm³/mol. The van der Waals surface area contributed by atoms with Gasteiger partial charge in [-0.1, -0.05) is 0 Å². The first-order valence-electron chi connectivity index (χ1n) is 7.38. The number of nitrogens with one attached hydrogen (secondary N) is 1. The lowest BCUT2D eigenvalue weighted by Gasteiger charge is -2.48. The molecule has 0 aromatic heterocycles. The number of hydrogen-bond acceptors (Lipinski definition) is 5.